The topological polar surface area (TPSA) is 92.7 Å². The van der Waals surface area contributed by atoms with E-state index in [0.29, 0.717) is 31.1 Å². The maximum Gasteiger partial charge on any atom is 0.311 e. The largest absolute Gasteiger partial charge is 0.427 e. The normalized spacial score (nSPS) is 30.0. The van der Waals surface area contributed by atoms with Gasteiger partial charge in [-0.05, 0) is 105 Å². The molecule has 48 heavy (non-hydrogen) atoms. The van der Waals surface area contributed by atoms with Crippen molar-refractivity contribution in [2.75, 3.05) is 38.4 Å². The van der Waals surface area contributed by atoms with Gasteiger partial charge in [0.05, 0.1) is 24.9 Å². The van der Waals surface area contributed by atoms with Gasteiger partial charge in [0.25, 0.3) is 0 Å². The van der Waals surface area contributed by atoms with Gasteiger partial charge >= 0.3 is 5.97 Å². The third-order valence-electron chi connectivity index (χ3n) is 9.68. The van der Waals surface area contributed by atoms with Crippen molar-refractivity contribution in [2.24, 2.45) is 17.8 Å². The third-order valence-corrected chi connectivity index (χ3v) is 10.8. The summed E-state index contributed by atoms with van der Waals surface area (Å²) in [6, 6.07) is 9.21. The number of para-hydroxylation sites is 1. The smallest absolute Gasteiger partial charge is 0.311 e. The summed E-state index contributed by atoms with van der Waals surface area (Å²) in [5, 5.41) is 11.3. The van der Waals surface area contributed by atoms with Gasteiger partial charge in [-0.1, -0.05) is 48.6 Å². The molecule has 0 amide bonds. The monoisotopic (exact) mass is 684 g/mol. The van der Waals surface area contributed by atoms with Crippen LogP contribution in [-0.4, -0.2) is 80.4 Å². The molecule has 1 aromatic rings. The highest BCUT2D eigenvalue weighted by Gasteiger charge is 2.43. The molecule has 2 aliphatic carbocycles. The van der Waals surface area contributed by atoms with Crippen molar-refractivity contribution < 1.29 is 38.3 Å². The highest BCUT2D eigenvalue weighted by Crippen LogP contribution is 2.40. The molecule has 1 saturated carbocycles. The molecule has 3 unspecified atom stereocenters. The van der Waals surface area contributed by atoms with Crippen LogP contribution in [0.4, 0.5) is 0 Å². The maximum atomic E-state index is 12.2. The van der Waals surface area contributed by atoms with Crippen LogP contribution in [0.2, 0.25) is 0 Å². The summed E-state index contributed by atoms with van der Waals surface area (Å²) in [4.78, 5) is 12.2. The fraction of sp³-hybridized carbons (Fsp3) is 0.667. The van der Waals surface area contributed by atoms with Crippen LogP contribution in [0, 0.1) is 17.8 Å². The fourth-order valence-corrected chi connectivity index (χ4v) is 8.21. The molecule has 8 nitrogen and oxygen atoms in total. The lowest BCUT2D eigenvalue weighted by atomic mass is 9.88. The van der Waals surface area contributed by atoms with Crippen LogP contribution in [0.25, 0.3) is 0 Å². The lowest BCUT2D eigenvalue weighted by Gasteiger charge is -2.30. The molecular formula is C39H56O8S. The molecular weight excluding hydrogens is 628 g/mol. The minimum Gasteiger partial charge on any atom is -0.427 e. The second-order valence-electron chi connectivity index (χ2n) is 13.5. The van der Waals surface area contributed by atoms with Crippen LogP contribution in [0.3, 0.4) is 0 Å². The number of aliphatic hydroxyl groups is 1. The molecule has 0 aromatic heterocycles. The number of ether oxygens (including phenoxy) is 6. The number of esters is 1. The first kappa shape index (κ1) is 37.3. The molecule has 3 fully saturated rings. The van der Waals surface area contributed by atoms with E-state index in [1.165, 1.54) is 5.57 Å². The van der Waals surface area contributed by atoms with Gasteiger partial charge < -0.3 is 33.5 Å². The molecule has 4 aliphatic rings. The Morgan fingerprint density at radius 3 is 2.60 bits per heavy atom. The summed E-state index contributed by atoms with van der Waals surface area (Å²) < 4.78 is 36.0. The minimum absolute atomic E-state index is 0.0520. The van der Waals surface area contributed by atoms with Gasteiger partial charge in [-0.3, -0.25) is 4.79 Å². The zero-order valence-electron chi connectivity index (χ0n) is 28.6. The molecule has 0 radical (unpaired) electrons. The lowest BCUT2D eigenvalue weighted by Crippen LogP contribution is -2.31. The summed E-state index contributed by atoms with van der Waals surface area (Å²) >= 11 is 1.83. The van der Waals surface area contributed by atoms with E-state index >= 15 is 0 Å². The second kappa shape index (κ2) is 20.6. The van der Waals surface area contributed by atoms with Crippen LogP contribution in [0.15, 0.2) is 66.3 Å². The lowest BCUT2D eigenvalue weighted by molar-refractivity contribution is -0.193. The van der Waals surface area contributed by atoms with Crippen molar-refractivity contribution in [2.45, 2.75) is 108 Å². The Bertz CT molecular complexity index is 1160. The van der Waals surface area contributed by atoms with Crippen LogP contribution in [0.5, 0.6) is 5.75 Å². The Morgan fingerprint density at radius 2 is 1.85 bits per heavy atom. The van der Waals surface area contributed by atoms with E-state index in [2.05, 4.69) is 30.4 Å². The molecule has 0 bridgehead atoms. The van der Waals surface area contributed by atoms with Crippen molar-refractivity contribution in [3.63, 3.8) is 0 Å². The molecule has 2 aliphatic heterocycles. The van der Waals surface area contributed by atoms with Gasteiger partial charge in [-0.25, -0.2) is 0 Å². The summed E-state index contributed by atoms with van der Waals surface area (Å²) in [6.45, 7) is 2.08. The molecule has 5 rings (SSSR count). The number of aliphatic hydroxyl groups excluding tert-OH is 1. The summed E-state index contributed by atoms with van der Waals surface area (Å²) in [5.74, 6) is 2.64. The Hall–Kier alpha value is -1.98. The molecule has 2 saturated heterocycles. The summed E-state index contributed by atoms with van der Waals surface area (Å²) in [6.07, 6.45) is 20.8. The predicted octanol–water partition coefficient (Wildman–Crippen LogP) is 7.41. The van der Waals surface area contributed by atoms with Gasteiger partial charge in [0.1, 0.15) is 5.75 Å². The molecule has 1 N–H and O–H groups in total. The van der Waals surface area contributed by atoms with Gasteiger partial charge in [0.2, 0.25) is 0 Å². The molecule has 1 aromatic carbocycles. The number of thioether (sulfide) groups is 1. The molecule has 2 heterocycles. The van der Waals surface area contributed by atoms with E-state index in [-0.39, 0.29) is 42.6 Å². The van der Waals surface area contributed by atoms with E-state index in [1.807, 2.05) is 30.0 Å². The van der Waals surface area contributed by atoms with Gasteiger partial charge in [0.15, 0.2) is 12.6 Å². The number of rotatable bonds is 18. The zero-order valence-corrected chi connectivity index (χ0v) is 29.4. The van der Waals surface area contributed by atoms with E-state index in [9.17, 15) is 9.90 Å². The van der Waals surface area contributed by atoms with E-state index in [4.69, 9.17) is 28.4 Å². The average molecular weight is 685 g/mol. The first-order chi connectivity index (χ1) is 23.6. The van der Waals surface area contributed by atoms with Gasteiger partial charge in [-0.15, -0.1) is 0 Å². The van der Waals surface area contributed by atoms with Gasteiger partial charge in [0, 0.05) is 39.1 Å². The second-order valence-corrected chi connectivity index (χ2v) is 14.7. The van der Waals surface area contributed by atoms with Crippen LogP contribution >= 0.6 is 11.8 Å². The van der Waals surface area contributed by atoms with Crippen molar-refractivity contribution in [3.05, 3.63) is 66.3 Å². The first-order valence-electron chi connectivity index (χ1n) is 18.2. The SMILES string of the molecule is COCC1=CC(C[C@@H](/C=C/[C@@H]2[C@@H](CCSCCCC(=O)Oc3ccccc3)[C@@H](O)C[C@H]2OC2CCCCO2)OC2CCCCO2)CC=C1. The van der Waals surface area contributed by atoms with Crippen molar-refractivity contribution in [3.8, 4) is 5.75 Å². The highest BCUT2D eigenvalue weighted by molar-refractivity contribution is 7.99. The average Bonchev–Trinajstić information content (AvgIpc) is 3.39. The number of allylic oxidation sites excluding steroid dienone is 2. The quantitative estimate of drug-likeness (QED) is 0.0735. The van der Waals surface area contributed by atoms with E-state index in [1.54, 1.807) is 19.2 Å². The molecule has 9 heteroatoms. The summed E-state index contributed by atoms with van der Waals surface area (Å²) in [5.41, 5.74) is 1.20. The predicted molar refractivity (Wildman–Crippen MR) is 189 cm³/mol. The maximum absolute atomic E-state index is 12.2. The first-order valence-corrected chi connectivity index (χ1v) is 19.3. The Labute approximate surface area is 291 Å². The Kier molecular flexibility index (Phi) is 16.0. The number of hydrogen-bond acceptors (Lipinski definition) is 9. The van der Waals surface area contributed by atoms with Crippen molar-refractivity contribution in [1.82, 2.24) is 0 Å². The minimum atomic E-state index is -0.446. The van der Waals surface area contributed by atoms with Gasteiger partial charge in [-0.2, -0.15) is 11.8 Å². The Balaban J connectivity index is 1.19. The summed E-state index contributed by atoms with van der Waals surface area (Å²) in [7, 11) is 1.73. The Morgan fingerprint density at radius 1 is 1.06 bits per heavy atom. The number of methoxy groups -OCH3 is 1. The fourth-order valence-electron chi connectivity index (χ4n) is 7.22. The molecule has 266 valence electrons. The van der Waals surface area contributed by atoms with Crippen LogP contribution < -0.4 is 4.74 Å². The highest BCUT2D eigenvalue weighted by atomic mass is 32.2. The van der Waals surface area contributed by atoms with Crippen LogP contribution in [0.1, 0.15) is 77.0 Å². The standard InChI is InChI=1S/C39H56O8S/c1-42-28-30-12-9-11-29(25-30)26-32(46-38-16-5-7-21-43-38)18-19-34-33(35(40)27-36(34)47-39-17-6-8-22-44-39)20-24-48-23-10-15-37(41)45-31-13-3-2-4-14-31/h2-4,9,12-14,18-19,25,29,32-36,38-40H,5-8,10-11,15-17,20-24,26-28H2,1H3/b19-18+/t29?,32-,33-,34-,35+,36-,38?,39?/m1/s1. The molecule has 0 spiro atoms. The number of benzene rings is 1. The molecule has 8 atom stereocenters. The van der Waals surface area contributed by atoms with Crippen molar-refractivity contribution in [1.29, 1.82) is 0 Å². The van der Waals surface area contributed by atoms with E-state index < -0.39 is 6.10 Å². The number of carbonyl (C=O) groups is 1. The third kappa shape index (κ3) is 12.4. The van der Waals surface area contributed by atoms with E-state index in [0.717, 1.165) is 88.9 Å². The number of carbonyl (C=O) groups excluding carboxylic acids is 1. The number of hydrogen-bond donors (Lipinski definition) is 1. The zero-order chi connectivity index (χ0) is 33.4. The van der Waals surface area contributed by atoms with Crippen molar-refractivity contribution >= 4 is 17.7 Å². The van der Waals surface area contributed by atoms with Crippen LogP contribution in [-0.2, 0) is 28.5 Å².